The minimum absolute atomic E-state index is 0.0642. The van der Waals surface area contributed by atoms with E-state index in [4.69, 9.17) is 57.1 Å². The Balaban J connectivity index is 1.50. The van der Waals surface area contributed by atoms with Gasteiger partial charge in [-0.15, -0.1) is 0 Å². The Labute approximate surface area is 240 Å². The summed E-state index contributed by atoms with van der Waals surface area (Å²) in [5.74, 6) is 0. The molecule has 19 atom stereocenters. The molecule has 3 aliphatic heterocycles. The first-order valence-electron chi connectivity index (χ1n) is 13.8. The molecule has 4 aliphatic rings. The first-order chi connectivity index (χ1) is 19.8. The van der Waals surface area contributed by atoms with Crippen LogP contribution in [0.25, 0.3) is 0 Å². The lowest BCUT2D eigenvalue weighted by molar-refractivity contribution is -0.310. The van der Waals surface area contributed by atoms with Gasteiger partial charge in [-0.1, -0.05) is 0 Å². The fourth-order valence-electron chi connectivity index (χ4n) is 5.70. The summed E-state index contributed by atoms with van der Waals surface area (Å²) in [6.45, 7) is -1.49. The summed E-state index contributed by atoms with van der Waals surface area (Å²) >= 11 is 0. The minimum atomic E-state index is -1.62. The molecule has 4 fully saturated rings. The molecule has 0 aromatic carbocycles. The molecule has 19 heteroatoms. The van der Waals surface area contributed by atoms with Gasteiger partial charge < -0.3 is 97.9 Å². The normalized spacial score (nSPS) is 53.8. The molecule has 0 radical (unpaired) electrons. The van der Waals surface area contributed by atoms with Crippen LogP contribution in [0.1, 0.15) is 6.42 Å². The van der Waals surface area contributed by atoms with Crippen molar-refractivity contribution in [2.45, 2.75) is 123 Å². The lowest BCUT2D eigenvalue weighted by Crippen LogP contribution is -2.68. The van der Waals surface area contributed by atoms with Crippen LogP contribution in [-0.2, 0) is 28.4 Å². The van der Waals surface area contributed by atoms with Crippen molar-refractivity contribution in [3.63, 3.8) is 0 Å². The Morgan fingerprint density at radius 2 is 1.00 bits per heavy atom. The van der Waals surface area contributed by atoms with Gasteiger partial charge in [-0.3, -0.25) is 0 Å². The zero-order valence-corrected chi connectivity index (χ0v) is 22.7. The molecule has 1 saturated carbocycles. The third-order valence-corrected chi connectivity index (χ3v) is 8.32. The van der Waals surface area contributed by atoms with Crippen molar-refractivity contribution in [3.05, 3.63) is 0 Å². The summed E-state index contributed by atoms with van der Waals surface area (Å²) in [6.07, 6.45) is -20.5. The van der Waals surface area contributed by atoms with Crippen LogP contribution in [0.15, 0.2) is 0 Å². The van der Waals surface area contributed by atoms with Gasteiger partial charge in [0.05, 0.1) is 31.4 Å². The number of nitrogens with two attached hydrogens (primary N) is 5. The van der Waals surface area contributed by atoms with E-state index in [2.05, 4.69) is 0 Å². The zero-order chi connectivity index (χ0) is 31.0. The van der Waals surface area contributed by atoms with E-state index < -0.39 is 129 Å². The highest BCUT2D eigenvalue weighted by atomic mass is 16.8. The van der Waals surface area contributed by atoms with Gasteiger partial charge >= 0.3 is 0 Å². The number of hydrogen-bond donors (Lipinski definition) is 13. The van der Waals surface area contributed by atoms with E-state index in [-0.39, 0.29) is 13.0 Å². The first-order valence-corrected chi connectivity index (χ1v) is 13.8. The van der Waals surface area contributed by atoms with E-state index >= 15 is 0 Å². The molecule has 4 rings (SSSR count). The molecule has 0 aromatic rings. The fraction of sp³-hybridized carbons (Fsp3) is 1.00. The molecular formula is C23H45N5O14. The second-order valence-corrected chi connectivity index (χ2v) is 11.2. The van der Waals surface area contributed by atoms with E-state index in [1.807, 2.05) is 0 Å². The highest BCUT2D eigenvalue weighted by Gasteiger charge is 2.54. The van der Waals surface area contributed by atoms with Crippen LogP contribution in [0, 0.1) is 0 Å². The van der Waals surface area contributed by atoms with E-state index in [1.165, 1.54) is 0 Å². The van der Waals surface area contributed by atoms with Crippen molar-refractivity contribution >= 4 is 0 Å². The van der Waals surface area contributed by atoms with Crippen LogP contribution in [0.4, 0.5) is 0 Å². The first kappa shape index (κ1) is 34.1. The van der Waals surface area contributed by atoms with E-state index in [0.29, 0.717) is 0 Å². The van der Waals surface area contributed by atoms with Gasteiger partial charge in [-0.25, -0.2) is 0 Å². The summed E-state index contributed by atoms with van der Waals surface area (Å²) in [5, 5.41) is 82.3. The van der Waals surface area contributed by atoms with Gasteiger partial charge in [0.2, 0.25) is 0 Å². The Bertz CT molecular complexity index is 866. The van der Waals surface area contributed by atoms with Crippen LogP contribution >= 0.6 is 0 Å². The molecule has 3 heterocycles. The Kier molecular flexibility index (Phi) is 11.5. The molecule has 0 unspecified atom stereocenters. The maximum Gasteiger partial charge on any atom is 0.187 e. The minimum Gasteiger partial charge on any atom is -0.394 e. The summed E-state index contributed by atoms with van der Waals surface area (Å²) in [6, 6.07) is -4.30. The number of aliphatic hydroxyl groups excluding tert-OH is 8. The third kappa shape index (κ3) is 6.60. The van der Waals surface area contributed by atoms with Crippen molar-refractivity contribution in [1.29, 1.82) is 0 Å². The molecule has 0 spiro atoms. The second kappa shape index (κ2) is 14.1. The fourth-order valence-corrected chi connectivity index (χ4v) is 5.70. The van der Waals surface area contributed by atoms with Gasteiger partial charge in [0.15, 0.2) is 18.9 Å². The number of aliphatic hydroxyl groups is 8. The number of ether oxygens (including phenoxy) is 6. The summed E-state index contributed by atoms with van der Waals surface area (Å²) in [5.41, 5.74) is 29.9. The Morgan fingerprint density at radius 1 is 0.524 bits per heavy atom. The lowest BCUT2D eigenvalue weighted by atomic mass is 9.84. The SMILES string of the molecule is NC[C@H]1O[C@@H](O[C@@H]2[C@@H](O)[C@H](O[C@H]3[C@H](O)[C@H](N)C[C@@H](N)[C@@H]3O[C@@H]3O[C@@H](CO)[C@@H](O)[C@@H](O)[C@@H]3N)O[C@H]2CO)[C@@H](N)[C@H](O)[C@@H]1O. The predicted octanol–water partition coefficient (Wildman–Crippen LogP) is -8.86. The lowest BCUT2D eigenvalue weighted by Gasteiger charge is -2.47. The van der Waals surface area contributed by atoms with Crippen LogP contribution in [0.3, 0.4) is 0 Å². The maximum absolute atomic E-state index is 11.1. The topological polar surface area (TPSA) is 347 Å². The average Bonchev–Trinajstić information content (AvgIpc) is 3.27. The van der Waals surface area contributed by atoms with Gasteiger partial charge in [0.25, 0.3) is 0 Å². The molecule has 0 amide bonds. The predicted molar refractivity (Wildman–Crippen MR) is 136 cm³/mol. The van der Waals surface area contributed by atoms with Crippen molar-refractivity contribution in [3.8, 4) is 0 Å². The summed E-state index contributed by atoms with van der Waals surface area (Å²) in [7, 11) is 0. The van der Waals surface area contributed by atoms with Crippen molar-refractivity contribution in [2.75, 3.05) is 19.8 Å². The smallest absolute Gasteiger partial charge is 0.187 e. The third-order valence-electron chi connectivity index (χ3n) is 8.32. The van der Waals surface area contributed by atoms with E-state index in [9.17, 15) is 40.9 Å². The van der Waals surface area contributed by atoms with Crippen LogP contribution < -0.4 is 28.7 Å². The molecular weight excluding hydrogens is 570 g/mol. The quantitative estimate of drug-likeness (QED) is 0.114. The van der Waals surface area contributed by atoms with Crippen LogP contribution in [0.2, 0.25) is 0 Å². The molecule has 1 aliphatic carbocycles. The monoisotopic (exact) mass is 615 g/mol. The Hall–Kier alpha value is -0.760. The Morgan fingerprint density at radius 3 is 1.55 bits per heavy atom. The molecule has 42 heavy (non-hydrogen) atoms. The maximum atomic E-state index is 11.1. The summed E-state index contributed by atoms with van der Waals surface area (Å²) in [4.78, 5) is 0. The standard InChI is InChI=1S/C23H45N5O14/c24-2-7-13(32)15(34)10(27)21(37-7)41-19-9(4-30)39-23(17(19)36)42-20-12(31)5(25)1-6(26)18(20)40-22-11(28)16(35)14(33)8(3-29)38-22/h5-23,29-36H,1-4,24-28H2/t5-,6-,7-,8+,9+,10+,11+,12-,13-,14-,15+,16+,17-,18+,19+,20+,21+,22+,23+/m1/s1. The molecule has 0 aromatic heterocycles. The summed E-state index contributed by atoms with van der Waals surface area (Å²) < 4.78 is 34.4. The average molecular weight is 616 g/mol. The largest absolute Gasteiger partial charge is 0.394 e. The highest BCUT2D eigenvalue weighted by Crippen LogP contribution is 2.34. The van der Waals surface area contributed by atoms with Crippen LogP contribution in [0.5, 0.6) is 0 Å². The molecule has 246 valence electrons. The molecule has 3 saturated heterocycles. The van der Waals surface area contributed by atoms with Crippen molar-refractivity contribution in [1.82, 2.24) is 0 Å². The van der Waals surface area contributed by atoms with Crippen molar-refractivity contribution < 1.29 is 69.3 Å². The number of hydrogen-bond acceptors (Lipinski definition) is 19. The molecule has 0 bridgehead atoms. The second-order valence-electron chi connectivity index (χ2n) is 11.2. The van der Waals surface area contributed by atoms with Gasteiger partial charge in [0.1, 0.15) is 67.1 Å². The number of rotatable bonds is 9. The van der Waals surface area contributed by atoms with Crippen LogP contribution in [-0.4, -0.2) is 177 Å². The van der Waals surface area contributed by atoms with Gasteiger partial charge in [0, 0.05) is 18.6 Å². The zero-order valence-electron chi connectivity index (χ0n) is 22.7. The highest BCUT2D eigenvalue weighted by molar-refractivity contribution is 5.02. The van der Waals surface area contributed by atoms with E-state index in [0.717, 1.165) is 0 Å². The van der Waals surface area contributed by atoms with E-state index in [1.54, 1.807) is 0 Å². The van der Waals surface area contributed by atoms with Crippen molar-refractivity contribution in [2.24, 2.45) is 28.7 Å². The molecule has 19 nitrogen and oxygen atoms in total. The van der Waals surface area contributed by atoms with Gasteiger partial charge in [-0.05, 0) is 6.42 Å². The molecule has 18 N–H and O–H groups in total. The van der Waals surface area contributed by atoms with Gasteiger partial charge in [-0.2, -0.15) is 0 Å².